The average Bonchev–Trinajstić information content (AvgIpc) is 2.58. The number of carbonyl (C=O) groups is 1. The van der Waals surface area contributed by atoms with Crippen molar-refractivity contribution in [1.29, 1.82) is 0 Å². The lowest BCUT2D eigenvalue weighted by Gasteiger charge is -2.53. The molecule has 2 fully saturated rings. The summed E-state index contributed by atoms with van der Waals surface area (Å²) in [5, 5.41) is 12.9. The highest BCUT2D eigenvalue weighted by Gasteiger charge is 2.49. The third-order valence-electron chi connectivity index (χ3n) is 5.99. The molecular formula is C20H29NO3. The molecule has 0 radical (unpaired) electrons. The van der Waals surface area contributed by atoms with Crippen LogP contribution >= 0.6 is 0 Å². The fraction of sp³-hybridized carbons (Fsp3) is 0.650. The molecular weight excluding hydrogens is 302 g/mol. The van der Waals surface area contributed by atoms with Crippen LogP contribution in [0.25, 0.3) is 0 Å². The Balaban J connectivity index is 1.43. The Morgan fingerprint density at radius 1 is 1.21 bits per heavy atom. The molecule has 0 aromatic heterocycles. The maximum atomic E-state index is 11.0. The van der Waals surface area contributed by atoms with E-state index in [2.05, 4.69) is 31.3 Å². The second-order valence-electron chi connectivity index (χ2n) is 7.95. The molecule has 0 bridgehead atoms. The highest BCUT2D eigenvalue weighted by molar-refractivity contribution is 5.70. The van der Waals surface area contributed by atoms with Crippen LogP contribution in [0.15, 0.2) is 30.3 Å². The molecule has 2 atom stereocenters. The lowest BCUT2D eigenvalue weighted by Crippen LogP contribution is -2.63. The summed E-state index contributed by atoms with van der Waals surface area (Å²) in [6, 6.07) is 11.2. The molecule has 1 aromatic carbocycles. The Bertz CT molecular complexity index is 549. The molecule has 0 saturated heterocycles. The first-order valence-electron chi connectivity index (χ1n) is 9.11. The van der Waals surface area contributed by atoms with Crippen molar-refractivity contribution in [2.45, 2.75) is 70.7 Å². The van der Waals surface area contributed by atoms with E-state index in [1.165, 1.54) is 5.56 Å². The van der Waals surface area contributed by atoms with E-state index in [0.717, 1.165) is 32.1 Å². The summed E-state index contributed by atoms with van der Waals surface area (Å²) in [5.41, 5.74) is 1.34. The Hall–Kier alpha value is -1.39. The number of aliphatic carboxylic acids is 1. The van der Waals surface area contributed by atoms with Gasteiger partial charge in [0.05, 0.1) is 18.6 Å². The van der Waals surface area contributed by atoms with Gasteiger partial charge >= 0.3 is 5.97 Å². The van der Waals surface area contributed by atoms with Gasteiger partial charge in [-0.15, -0.1) is 0 Å². The standard InChI is InChI=1S/C20H29NO3/c1-20(2)17(21-16-10-8-15(9-11-16)19(22)23)12-18(20)24-13-14-6-4-3-5-7-14/h3-7,15-18,21H,8-13H2,1-2H3,(H,22,23). The highest BCUT2D eigenvalue weighted by Crippen LogP contribution is 2.44. The summed E-state index contributed by atoms with van der Waals surface area (Å²) in [6.07, 6.45) is 4.87. The molecule has 0 heterocycles. The Morgan fingerprint density at radius 2 is 1.88 bits per heavy atom. The van der Waals surface area contributed by atoms with Crippen LogP contribution in [0.4, 0.5) is 0 Å². The minimum Gasteiger partial charge on any atom is -0.481 e. The van der Waals surface area contributed by atoms with Crippen LogP contribution in [0.3, 0.4) is 0 Å². The zero-order valence-corrected chi connectivity index (χ0v) is 14.7. The van der Waals surface area contributed by atoms with E-state index >= 15 is 0 Å². The first-order chi connectivity index (χ1) is 11.5. The van der Waals surface area contributed by atoms with E-state index in [1.807, 2.05) is 18.2 Å². The molecule has 2 aliphatic rings. The second kappa shape index (κ2) is 7.24. The molecule has 24 heavy (non-hydrogen) atoms. The number of hydrogen-bond donors (Lipinski definition) is 2. The summed E-state index contributed by atoms with van der Waals surface area (Å²) < 4.78 is 6.13. The van der Waals surface area contributed by atoms with Gasteiger partial charge in [0.1, 0.15) is 0 Å². The van der Waals surface area contributed by atoms with E-state index in [0.29, 0.717) is 18.7 Å². The largest absolute Gasteiger partial charge is 0.481 e. The van der Waals surface area contributed by atoms with Gasteiger partial charge in [0.2, 0.25) is 0 Å². The van der Waals surface area contributed by atoms with Crippen molar-refractivity contribution in [2.75, 3.05) is 0 Å². The summed E-state index contributed by atoms with van der Waals surface area (Å²) in [5.74, 6) is -0.772. The molecule has 0 spiro atoms. The van der Waals surface area contributed by atoms with Gasteiger partial charge in [-0.05, 0) is 37.7 Å². The maximum Gasteiger partial charge on any atom is 0.306 e. The number of benzene rings is 1. The molecule has 4 heteroatoms. The number of nitrogens with one attached hydrogen (secondary N) is 1. The first kappa shape index (κ1) is 17.4. The monoisotopic (exact) mass is 331 g/mol. The molecule has 2 unspecified atom stereocenters. The molecule has 132 valence electrons. The molecule has 4 nitrogen and oxygen atoms in total. The van der Waals surface area contributed by atoms with E-state index in [9.17, 15) is 4.79 Å². The molecule has 1 aromatic rings. The Kier molecular flexibility index (Phi) is 5.26. The fourth-order valence-corrected chi connectivity index (χ4v) is 4.01. The maximum absolute atomic E-state index is 11.0. The van der Waals surface area contributed by atoms with Gasteiger partial charge < -0.3 is 15.2 Å². The number of rotatable bonds is 6. The lowest BCUT2D eigenvalue weighted by molar-refractivity contribution is -0.143. The van der Waals surface area contributed by atoms with Crippen LogP contribution in [0.1, 0.15) is 51.5 Å². The number of carboxylic acids is 1. The van der Waals surface area contributed by atoms with Crippen LogP contribution in [0.5, 0.6) is 0 Å². The van der Waals surface area contributed by atoms with Crippen molar-refractivity contribution in [3.8, 4) is 0 Å². The van der Waals surface area contributed by atoms with Crippen molar-refractivity contribution in [1.82, 2.24) is 5.32 Å². The Labute approximate surface area is 144 Å². The fourth-order valence-electron chi connectivity index (χ4n) is 4.01. The number of carboxylic acid groups (broad SMARTS) is 1. The van der Waals surface area contributed by atoms with Gasteiger partial charge in [-0.2, -0.15) is 0 Å². The van der Waals surface area contributed by atoms with E-state index < -0.39 is 5.97 Å². The van der Waals surface area contributed by atoms with E-state index in [-0.39, 0.29) is 17.4 Å². The van der Waals surface area contributed by atoms with Gasteiger partial charge in [-0.25, -0.2) is 0 Å². The summed E-state index contributed by atoms with van der Waals surface area (Å²) in [7, 11) is 0. The third kappa shape index (κ3) is 3.81. The minimum absolute atomic E-state index is 0.123. The van der Waals surface area contributed by atoms with Crippen molar-refractivity contribution >= 4 is 5.97 Å². The van der Waals surface area contributed by atoms with Crippen LogP contribution in [0.2, 0.25) is 0 Å². The topological polar surface area (TPSA) is 58.6 Å². The SMILES string of the molecule is CC1(C)C(NC2CCC(C(=O)O)CC2)CC1OCc1ccccc1. The van der Waals surface area contributed by atoms with Crippen molar-refractivity contribution < 1.29 is 14.6 Å². The van der Waals surface area contributed by atoms with Gasteiger partial charge in [0.25, 0.3) is 0 Å². The van der Waals surface area contributed by atoms with Gasteiger partial charge in [0.15, 0.2) is 0 Å². The van der Waals surface area contributed by atoms with E-state index in [1.54, 1.807) is 0 Å². The molecule has 3 rings (SSSR count). The molecule has 2 saturated carbocycles. The van der Waals surface area contributed by atoms with E-state index in [4.69, 9.17) is 9.84 Å². The predicted molar refractivity (Wildman–Crippen MR) is 93.7 cm³/mol. The second-order valence-corrected chi connectivity index (χ2v) is 7.95. The average molecular weight is 331 g/mol. The highest BCUT2D eigenvalue weighted by atomic mass is 16.5. The van der Waals surface area contributed by atoms with Gasteiger partial charge in [-0.3, -0.25) is 4.79 Å². The van der Waals surface area contributed by atoms with Crippen LogP contribution in [0, 0.1) is 11.3 Å². The predicted octanol–water partition coefficient (Wildman–Crippen LogP) is 3.60. The zero-order valence-electron chi connectivity index (χ0n) is 14.7. The van der Waals surface area contributed by atoms with Crippen molar-refractivity contribution in [3.63, 3.8) is 0 Å². The normalized spacial score (nSPS) is 32.1. The molecule has 0 aliphatic heterocycles. The smallest absolute Gasteiger partial charge is 0.306 e. The van der Waals surface area contributed by atoms with Crippen LogP contribution in [-0.4, -0.2) is 29.3 Å². The molecule has 2 aliphatic carbocycles. The first-order valence-corrected chi connectivity index (χ1v) is 9.11. The quantitative estimate of drug-likeness (QED) is 0.836. The lowest BCUT2D eigenvalue weighted by atomic mass is 9.64. The molecule has 2 N–H and O–H groups in total. The summed E-state index contributed by atoms with van der Waals surface area (Å²) in [4.78, 5) is 11.0. The number of ether oxygens (including phenoxy) is 1. The van der Waals surface area contributed by atoms with Crippen LogP contribution < -0.4 is 5.32 Å². The minimum atomic E-state index is -0.633. The molecule has 0 amide bonds. The van der Waals surface area contributed by atoms with Crippen LogP contribution in [-0.2, 0) is 16.1 Å². The van der Waals surface area contributed by atoms with Gasteiger partial charge in [-0.1, -0.05) is 44.2 Å². The summed E-state index contributed by atoms with van der Waals surface area (Å²) in [6.45, 7) is 5.21. The third-order valence-corrected chi connectivity index (χ3v) is 5.99. The summed E-state index contributed by atoms with van der Waals surface area (Å²) >= 11 is 0. The van der Waals surface area contributed by atoms with Crippen molar-refractivity contribution in [2.24, 2.45) is 11.3 Å². The zero-order chi connectivity index (χ0) is 17.2. The Morgan fingerprint density at radius 3 is 2.46 bits per heavy atom. The van der Waals surface area contributed by atoms with Gasteiger partial charge in [0, 0.05) is 17.5 Å². The van der Waals surface area contributed by atoms with Crippen molar-refractivity contribution in [3.05, 3.63) is 35.9 Å². The number of hydrogen-bond acceptors (Lipinski definition) is 3.